The average molecular weight is 489 g/mol. The fourth-order valence-electron chi connectivity index (χ4n) is 3.85. The molecular formula is C25H27F3N4O3. The molecule has 7 nitrogen and oxygen atoms in total. The highest BCUT2D eigenvalue weighted by molar-refractivity contribution is 6.13. The van der Waals surface area contributed by atoms with Crippen molar-refractivity contribution < 1.29 is 27.9 Å². The van der Waals surface area contributed by atoms with Crippen LogP contribution >= 0.6 is 0 Å². The molecule has 35 heavy (non-hydrogen) atoms. The summed E-state index contributed by atoms with van der Waals surface area (Å²) in [7, 11) is 3.17. The van der Waals surface area contributed by atoms with E-state index in [0.29, 0.717) is 11.1 Å². The van der Waals surface area contributed by atoms with E-state index < -0.39 is 17.6 Å². The maximum atomic E-state index is 13.5. The molecule has 1 aromatic heterocycles. The van der Waals surface area contributed by atoms with Gasteiger partial charge in [-0.3, -0.25) is 14.2 Å². The normalized spacial score (nSPS) is 12.2. The molecule has 0 fully saturated rings. The molecule has 2 aromatic carbocycles. The minimum absolute atomic E-state index is 0.00485. The van der Waals surface area contributed by atoms with Gasteiger partial charge in [-0.2, -0.15) is 18.3 Å². The number of hydrogen-bond donors (Lipinski definition) is 2. The maximum absolute atomic E-state index is 13.5. The number of amides is 2. The van der Waals surface area contributed by atoms with E-state index in [1.54, 1.807) is 26.2 Å². The summed E-state index contributed by atoms with van der Waals surface area (Å²) in [6.07, 6.45) is -4.65. The molecule has 0 aliphatic carbocycles. The van der Waals surface area contributed by atoms with Crippen LogP contribution in [-0.2, 0) is 15.8 Å². The number of aromatic nitrogens is 1. The number of nitrogens with one attached hydrogen (secondary N) is 1. The van der Waals surface area contributed by atoms with Gasteiger partial charge in [-0.15, -0.1) is 0 Å². The van der Waals surface area contributed by atoms with Gasteiger partial charge in [-0.1, -0.05) is 12.1 Å². The van der Waals surface area contributed by atoms with Gasteiger partial charge in [0.05, 0.1) is 22.4 Å². The number of hydrazone groups is 1. The van der Waals surface area contributed by atoms with Crippen LogP contribution in [0.25, 0.3) is 16.6 Å². The van der Waals surface area contributed by atoms with Crippen molar-refractivity contribution in [1.29, 1.82) is 0 Å². The number of aryl methyl sites for hydroxylation is 2. The van der Waals surface area contributed by atoms with Crippen molar-refractivity contribution in [3.63, 3.8) is 0 Å². The highest BCUT2D eigenvalue weighted by atomic mass is 19.4. The Hall–Kier alpha value is -3.82. The van der Waals surface area contributed by atoms with Crippen molar-refractivity contribution in [3.05, 3.63) is 58.7 Å². The Kier molecular flexibility index (Phi) is 7.23. The van der Waals surface area contributed by atoms with Crippen LogP contribution in [0.4, 0.5) is 13.2 Å². The van der Waals surface area contributed by atoms with Gasteiger partial charge in [0.1, 0.15) is 0 Å². The average Bonchev–Trinajstić information content (AvgIpc) is 3.05. The quantitative estimate of drug-likeness (QED) is 0.390. The third-order valence-corrected chi connectivity index (χ3v) is 5.51. The lowest BCUT2D eigenvalue weighted by molar-refractivity contribution is -0.137. The molecule has 1 heterocycles. The fraction of sp³-hybridized carbons (Fsp3) is 0.320. The Morgan fingerprint density at radius 3 is 2.26 bits per heavy atom. The number of fused-ring (bicyclic) bond motifs is 1. The van der Waals surface area contributed by atoms with Gasteiger partial charge in [-0.05, 0) is 56.2 Å². The number of carbonyl (C=O) groups excluding carboxylic acids is 2. The summed E-state index contributed by atoms with van der Waals surface area (Å²) in [4.78, 5) is 25.2. The molecule has 0 atom stereocenters. The number of benzene rings is 2. The Bertz CT molecular complexity index is 1300. The van der Waals surface area contributed by atoms with E-state index in [4.69, 9.17) is 0 Å². The van der Waals surface area contributed by atoms with Gasteiger partial charge in [0.25, 0.3) is 0 Å². The van der Waals surface area contributed by atoms with E-state index in [1.165, 1.54) is 22.5 Å². The van der Waals surface area contributed by atoms with Crippen molar-refractivity contribution in [1.82, 2.24) is 14.9 Å². The number of hydrogen-bond acceptors (Lipinski definition) is 4. The summed E-state index contributed by atoms with van der Waals surface area (Å²) < 4.78 is 41.7. The molecule has 0 radical (unpaired) electrons. The van der Waals surface area contributed by atoms with Gasteiger partial charge >= 0.3 is 6.18 Å². The second-order valence-electron chi connectivity index (χ2n) is 8.63. The van der Waals surface area contributed by atoms with E-state index in [2.05, 4.69) is 10.5 Å². The fourth-order valence-corrected chi connectivity index (χ4v) is 3.85. The maximum Gasteiger partial charge on any atom is 0.416 e. The zero-order chi connectivity index (χ0) is 26.1. The van der Waals surface area contributed by atoms with Crippen molar-refractivity contribution in [3.8, 4) is 11.6 Å². The predicted octanol–water partition coefficient (Wildman–Crippen LogP) is 4.68. The predicted molar refractivity (Wildman–Crippen MR) is 128 cm³/mol. The second kappa shape index (κ2) is 9.81. The van der Waals surface area contributed by atoms with Gasteiger partial charge in [0, 0.05) is 38.0 Å². The number of rotatable bonds is 6. The molecule has 10 heteroatoms. The molecule has 3 aromatic rings. The van der Waals surface area contributed by atoms with Gasteiger partial charge in [-0.25, -0.2) is 5.43 Å². The van der Waals surface area contributed by atoms with Crippen LogP contribution in [0.1, 0.15) is 42.0 Å². The molecule has 0 saturated carbocycles. The number of nitrogens with zero attached hydrogens (tertiary/aromatic N) is 3. The van der Waals surface area contributed by atoms with Gasteiger partial charge < -0.3 is 10.0 Å². The summed E-state index contributed by atoms with van der Waals surface area (Å²) in [6.45, 7) is 5.23. The largest absolute Gasteiger partial charge is 0.494 e. The Morgan fingerprint density at radius 1 is 1.06 bits per heavy atom. The van der Waals surface area contributed by atoms with Crippen molar-refractivity contribution >= 4 is 28.4 Å². The number of aromatic hydroxyl groups is 1. The standard InChI is InChI=1S/C25H27F3N4O3/c1-14-10-15(2)12-18(11-14)32-20-13-17(25(26,27)28)6-7-19(20)23(24(32)35)16(3)29-30-21(33)8-9-22(34)31(4)5/h6-7,10-13,35H,8-9H2,1-5H3,(H,30,33)/b29-16+. The Labute approximate surface area is 200 Å². The van der Waals surface area contributed by atoms with Gasteiger partial charge in [0.15, 0.2) is 0 Å². The molecule has 0 spiro atoms. The first-order chi connectivity index (χ1) is 16.3. The van der Waals surface area contributed by atoms with E-state index in [-0.39, 0.29) is 41.4 Å². The van der Waals surface area contributed by atoms with Crippen molar-refractivity contribution in [2.45, 2.75) is 39.8 Å². The van der Waals surface area contributed by atoms with E-state index in [1.807, 2.05) is 19.9 Å². The van der Waals surface area contributed by atoms with Crippen LogP contribution in [0.2, 0.25) is 0 Å². The Balaban J connectivity index is 2.09. The molecule has 2 N–H and O–H groups in total. The molecule has 0 saturated heterocycles. The highest BCUT2D eigenvalue weighted by Crippen LogP contribution is 2.39. The summed E-state index contributed by atoms with van der Waals surface area (Å²) in [6, 6.07) is 8.63. The van der Waals surface area contributed by atoms with Crippen LogP contribution in [0, 0.1) is 13.8 Å². The molecule has 0 bridgehead atoms. The monoisotopic (exact) mass is 488 g/mol. The van der Waals surface area contributed by atoms with Crippen LogP contribution in [-0.4, -0.2) is 46.2 Å². The van der Waals surface area contributed by atoms with Crippen LogP contribution in [0.3, 0.4) is 0 Å². The van der Waals surface area contributed by atoms with Crippen LogP contribution in [0.5, 0.6) is 5.88 Å². The molecule has 0 unspecified atom stereocenters. The van der Waals surface area contributed by atoms with Crippen LogP contribution < -0.4 is 5.43 Å². The molecular weight excluding hydrogens is 461 g/mol. The SMILES string of the molecule is C/C(=N\NC(=O)CCC(=O)N(C)C)c1c(O)n(-c2cc(C)cc(C)c2)c2cc(C(F)(F)F)ccc12. The minimum Gasteiger partial charge on any atom is -0.494 e. The molecule has 3 rings (SSSR count). The van der Waals surface area contributed by atoms with Gasteiger partial charge in [0.2, 0.25) is 17.7 Å². The highest BCUT2D eigenvalue weighted by Gasteiger charge is 2.32. The molecule has 2 amide bonds. The zero-order valence-electron chi connectivity index (χ0n) is 20.1. The number of carbonyl (C=O) groups is 2. The molecule has 0 aliphatic rings. The molecule has 0 aliphatic heterocycles. The zero-order valence-corrected chi connectivity index (χ0v) is 20.1. The van der Waals surface area contributed by atoms with Crippen molar-refractivity contribution in [2.24, 2.45) is 5.10 Å². The lowest BCUT2D eigenvalue weighted by Crippen LogP contribution is -2.25. The molecule has 186 valence electrons. The summed E-state index contributed by atoms with van der Waals surface area (Å²) >= 11 is 0. The first-order valence-corrected chi connectivity index (χ1v) is 10.9. The number of alkyl halides is 3. The van der Waals surface area contributed by atoms with Crippen molar-refractivity contribution in [2.75, 3.05) is 14.1 Å². The first-order valence-electron chi connectivity index (χ1n) is 10.9. The van der Waals surface area contributed by atoms with E-state index in [9.17, 15) is 27.9 Å². The summed E-state index contributed by atoms with van der Waals surface area (Å²) in [5.74, 6) is -1.02. The third kappa shape index (κ3) is 5.64. The summed E-state index contributed by atoms with van der Waals surface area (Å²) in [5, 5.41) is 15.5. The second-order valence-corrected chi connectivity index (χ2v) is 8.63. The first kappa shape index (κ1) is 25.8. The lowest BCUT2D eigenvalue weighted by Gasteiger charge is -2.11. The smallest absolute Gasteiger partial charge is 0.416 e. The Morgan fingerprint density at radius 2 is 1.69 bits per heavy atom. The lowest BCUT2D eigenvalue weighted by atomic mass is 10.1. The minimum atomic E-state index is -4.57. The number of halogens is 3. The van der Waals surface area contributed by atoms with Crippen LogP contribution in [0.15, 0.2) is 41.5 Å². The van der Waals surface area contributed by atoms with E-state index >= 15 is 0 Å². The topological polar surface area (TPSA) is 86.9 Å². The van der Waals surface area contributed by atoms with E-state index in [0.717, 1.165) is 23.3 Å². The third-order valence-electron chi connectivity index (χ3n) is 5.51. The summed E-state index contributed by atoms with van der Waals surface area (Å²) in [5.41, 5.74) is 4.28.